The first kappa shape index (κ1) is 20.0. The van der Waals surface area contributed by atoms with Gasteiger partial charge in [0.15, 0.2) is 0 Å². The van der Waals surface area contributed by atoms with Crippen molar-refractivity contribution in [3.8, 4) is 0 Å². The van der Waals surface area contributed by atoms with E-state index in [4.69, 9.17) is 16.3 Å². The quantitative estimate of drug-likeness (QED) is 0.542. The van der Waals surface area contributed by atoms with Crippen LogP contribution in [0.5, 0.6) is 0 Å². The highest BCUT2D eigenvalue weighted by Gasteiger charge is 2.19. The molecule has 1 aliphatic heterocycles. The Hall–Kier alpha value is -2.34. The minimum atomic E-state index is -0.168. The highest BCUT2D eigenvalue weighted by Crippen LogP contribution is 2.24. The summed E-state index contributed by atoms with van der Waals surface area (Å²) in [7, 11) is 0. The molecule has 0 bridgehead atoms. The number of H-pyrrole nitrogens is 1. The van der Waals surface area contributed by atoms with Gasteiger partial charge in [-0.25, -0.2) is 0 Å². The molecule has 1 fully saturated rings. The Balaban J connectivity index is 1.41. The molecule has 0 radical (unpaired) electrons. The van der Waals surface area contributed by atoms with Gasteiger partial charge in [-0.15, -0.1) is 0 Å². The number of rotatable bonds is 7. The molecule has 0 aliphatic carbocycles. The maximum atomic E-state index is 12.7. The summed E-state index contributed by atoms with van der Waals surface area (Å²) < 4.78 is 6.26. The Morgan fingerprint density at radius 2 is 1.97 bits per heavy atom. The third kappa shape index (κ3) is 4.99. The molecular formula is C23H26ClN3O2. The third-order valence-electron chi connectivity index (χ3n) is 5.50. The number of ether oxygens (including phenoxy) is 1. The van der Waals surface area contributed by atoms with E-state index in [1.54, 1.807) is 12.3 Å². The molecular weight excluding hydrogens is 386 g/mol. The number of benzene rings is 2. The lowest BCUT2D eigenvalue weighted by Gasteiger charge is -2.26. The number of halogens is 1. The van der Waals surface area contributed by atoms with E-state index in [-0.39, 0.29) is 12.0 Å². The molecule has 2 aromatic carbocycles. The van der Waals surface area contributed by atoms with Gasteiger partial charge in [-0.2, -0.15) is 0 Å². The number of carbonyl (C=O) groups is 1. The standard InChI is InChI=1S/C23H26ClN3O2/c24-20-13-26-21-12-18(6-7-19(20)21)23(28)27-14-22(17-4-2-1-3-5-17)29-15-16-8-10-25-11-9-16/h1-7,12-13,16,22,25-26H,8-11,14-15H2,(H,27,28). The minimum absolute atomic E-state index is 0.121. The maximum absolute atomic E-state index is 12.7. The van der Waals surface area contributed by atoms with Crippen molar-refractivity contribution < 1.29 is 9.53 Å². The molecule has 5 nitrogen and oxygen atoms in total. The largest absolute Gasteiger partial charge is 0.371 e. The van der Waals surface area contributed by atoms with E-state index in [1.165, 1.54) is 0 Å². The normalized spacial score (nSPS) is 16.0. The van der Waals surface area contributed by atoms with E-state index in [2.05, 4.69) is 15.6 Å². The molecule has 3 N–H and O–H groups in total. The van der Waals surface area contributed by atoms with Gasteiger partial charge >= 0.3 is 0 Å². The topological polar surface area (TPSA) is 66.2 Å². The maximum Gasteiger partial charge on any atom is 0.251 e. The predicted octanol–water partition coefficient (Wildman–Crippen LogP) is 4.31. The second-order valence-corrected chi connectivity index (χ2v) is 7.94. The van der Waals surface area contributed by atoms with Gasteiger partial charge in [0, 0.05) is 29.2 Å². The molecule has 152 valence electrons. The summed E-state index contributed by atoms with van der Waals surface area (Å²) in [5, 5.41) is 7.98. The van der Waals surface area contributed by atoms with Crippen molar-refractivity contribution >= 4 is 28.4 Å². The summed E-state index contributed by atoms with van der Waals surface area (Å²) in [6.45, 7) is 3.24. The van der Waals surface area contributed by atoms with Crippen LogP contribution in [-0.2, 0) is 4.74 Å². The fourth-order valence-electron chi connectivity index (χ4n) is 3.76. The van der Waals surface area contributed by atoms with Crippen molar-refractivity contribution in [3.05, 3.63) is 70.9 Å². The third-order valence-corrected chi connectivity index (χ3v) is 5.82. The second kappa shape index (κ2) is 9.44. The summed E-state index contributed by atoms with van der Waals surface area (Å²) in [6, 6.07) is 15.6. The first-order valence-corrected chi connectivity index (χ1v) is 10.5. The van der Waals surface area contributed by atoms with Crippen LogP contribution < -0.4 is 10.6 Å². The van der Waals surface area contributed by atoms with Gasteiger partial charge in [0.25, 0.3) is 5.91 Å². The molecule has 1 aliphatic rings. The Kier molecular flexibility index (Phi) is 6.49. The fraction of sp³-hybridized carbons (Fsp3) is 0.348. The predicted molar refractivity (Wildman–Crippen MR) is 116 cm³/mol. The first-order chi connectivity index (χ1) is 14.2. The minimum Gasteiger partial charge on any atom is -0.371 e. The number of hydrogen-bond donors (Lipinski definition) is 3. The zero-order valence-electron chi connectivity index (χ0n) is 16.3. The van der Waals surface area contributed by atoms with E-state index in [0.717, 1.165) is 42.4 Å². The summed E-state index contributed by atoms with van der Waals surface area (Å²) in [4.78, 5) is 15.8. The molecule has 3 aromatic rings. The van der Waals surface area contributed by atoms with Crippen LogP contribution >= 0.6 is 11.6 Å². The lowest BCUT2D eigenvalue weighted by Crippen LogP contribution is -2.33. The van der Waals surface area contributed by atoms with Crippen LogP contribution in [0.4, 0.5) is 0 Å². The van der Waals surface area contributed by atoms with Crippen LogP contribution in [0, 0.1) is 5.92 Å². The number of fused-ring (bicyclic) bond motifs is 1. The Morgan fingerprint density at radius 1 is 1.17 bits per heavy atom. The monoisotopic (exact) mass is 411 g/mol. The molecule has 29 heavy (non-hydrogen) atoms. The average molecular weight is 412 g/mol. The van der Waals surface area contributed by atoms with E-state index in [0.29, 0.717) is 29.7 Å². The summed E-state index contributed by atoms with van der Waals surface area (Å²) in [5.41, 5.74) is 2.53. The van der Waals surface area contributed by atoms with Gasteiger partial charge < -0.3 is 20.4 Å². The van der Waals surface area contributed by atoms with Crippen LogP contribution in [0.3, 0.4) is 0 Å². The van der Waals surface area contributed by atoms with Crippen molar-refractivity contribution in [3.63, 3.8) is 0 Å². The number of hydrogen-bond acceptors (Lipinski definition) is 3. The highest BCUT2D eigenvalue weighted by atomic mass is 35.5. The lowest BCUT2D eigenvalue weighted by molar-refractivity contribution is 0.0213. The van der Waals surface area contributed by atoms with E-state index >= 15 is 0 Å². The number of amides is 1. The Morgan fingerprint density at radius 3 is 2.76 bits per heavy atom. The van der Waals surface area contributed by atoms with Crippen molar-refractivity contribution in [2.45, 2.75) is 18.9 Å². The van der Waals surface area contributed by atoms with Crippen LogP contribution in [0.2, 0.25) is 5.02 Å². The highest BCUT2D eigenvalue weighted by molar-refractivity contribution is 6.35. The zero-order chi connectivity index (χ0) is 20.1. The fourth-order valence-corrected chi connectivity index (χ4v) is 3.98. The van der Waals surface area contributed by atoms with Gasteiger partial charge in [0.1, 0.15) is 0 Å². The SMILES string of the molecule is O=C(NCC(OCC1CCNCC1)c1ccccc1)c1ccc2c(Cl)c[nH]c2c1. The molecule has 6 heteroatoms. The summed E-state index contributed by atoms with van der Waals surface area (Å²) in [5.74, 6) is 0.446. The summed E-state index contributed by atoms with van der Waals surface area (Å²) >= 11 is 6.12. The molecule has 1 aromatic heterocycles. The van der Waals surface area contributed by atoms with Crippen LogP contribution in [-0.4, -0.2) is 37.1 Å². The van der Waals surface area contributed by atoms with E-state index < -0.39 is 0 Å². The lowest BCUT2D eigenvalue weighted by atomic mass is 9.99. The molecule has 0 spiro atoms. The number of aromatic amines is 1. The van der Waals surface area contributed by atoms with Gasteiger partial charge in [0.2, 0.25) is 0 Å². The van der Waals surface area contributed by atoms with Crippen molar-refractivity contribution in [1.29, 1.82) is 0 Å². The number of piperidine rings is 1. The van der Waals surface area contributed by atoms with Crippen molar-refractivity contribution in [2.75, 3.05) is 26.2 Å². The molecule has 1 atom stereocenters. The number of carbonyl (C=O) groups excluding carboxylic acids is 1. The van der Waals surface area contributed by atoms with Crippen LogP contribution in [0.15, 0.2) is 54.7 Å². The zero-order valence-corrected chi connectivity index (χ0v) is 17.0. The van der Waals surface area contributed by atoms with Crippen molar-refractivity contribution in [2.24, 2.45) is 5.92 Å². The number of aromatic nitrogens is 1. The van der Waals surface area contributed by atoms with Gasteiger partial charge in [-0.1, -0.05) is 48.0 Å². The molecule has 1 saturated heterocycles. The molecule has 4 rings (SSSR count). The van der Waals surface area contributed by atoms with Gasteiger partial charge in [0.05, 0.1) is 17.7 Å². The van der Waals surface area contributed by atoms with Crippen LogP contribution in [0.1, 0.15) is 34.9 Å². The van der Waals surface area contributed by atoms with Gasteiger partial charge in [-0.05, 0) is 49.5 Å². The Labute approximate surface area is 175 Å². The second-order valence-electron chi connectivity index (χ2n) is 7.53. The summed E-state index contributed by atoms with van der Waals surface area (Å²) in [6.07, 6.45) is 3.83. The molecule has 1 unspecified atom stereocenters. The van der Waals surface area contributed by atoms with Crippen LogP contribution in [0.25, 0.3) is 10.9 Å². The molecule has 2 heterocycles. The number of nitrogens with one attached hydrogen (secondary N) is 3. The van der Waals surface area contributed by atoms with E-state index in [9.17, 15) is 4.79 Å². The molecule has 0 saturated carbocycles. The Bertz CT molecular complexity index is 951. The molecule has 1 amide bonds. The smallest absolute Gasteiger partial charge is 0.251 e. The average Bonchev–Trinajstić information content (AvgIpc) is 3.15. The van der Waals surface area contributed by atoms with Crippen molar-refractivity contribution in [1.82, 2.24) is 15.6 Å². The first-order valence-electron chi connectivity index (χ1n) is 10.1. The van der Waals surface area contributed by atoms with Gasteiger partial charge in [-0.3, -0.25) is 4.79 Å². The van der Waals surface area contributed by atoms with E-state index in [1.807, 2.05) is 42.5 Å².